The molecule has 1 atom stereocenters. The zero-order valence-electron chi connectivity index (χ0n) is 7.81. The molecule has 0 aliphatic rings. The third-order valence-electron chi connectivity index (χ3n) is 1.48. The summed E-state index contributed by atoms with van der Waals surface area (Å²) in [5, 5.41) is 17.6. The van der Waals surface area contributed by atoms with E-state index in [4.69, 9.17) is 5.11 Å². The fourth-order valence-electron chi connectivity index (χ4n) is 0.842. The summed E-state index contributed by atoms with van der Waals surface area (Å²) in [5.74, 6) is -0.976. The lowest BCUT2D eigenvalue weighted by Gasteiger charge is -2.02. The lowest BCUT2D eigenvalue weighted by molar-refractivity contribution is -0.131. The minimum atomic E-state index is -0.976. The van der Waals surface area contributed by atoms with Gasteiger partial charge < -0.3 is 10.2 Å². The number of carbonyl (C=O) groups is 1. The molecule has 0 saturated carbocycles. The Morgan fingerprint density at radius 2 is 1.92 bits per heavy atom. The van der Waals surface area contributed by atoms with Gasteiger partial charge in [0.25, 0.3) is 0 Å². The second kappa shape index (κ2) is 7.55. The Kier molecular flexibility index (Phi) is 6.92. The number of aliphatic hydroxyl groups is 1. The highest BCUT2D eigenvalue weighted by atomic mass is 16.4. The third-order valence-corrected chi connectivity index (χ3v) is 1.48. The molecule has 0 bridgehead atoms. The SMILES string of the molecule is CC/C=C\CC(O)C/C=C\C(=O)O. The molecule has 0 aromatic carbocycles. The van der Waals surface area contributed by atoms with Gasteiger partial charge in [-0.25, -0.2) is 4.79 Å². The number of allylic oxidation sites excluding steroid dienone is 1. The molecule has 0 radical (unpaired) electrons. The molecule has 0 spiro atoms. The van der Waals surface area contributed by atoms with Gasteiger partial charge in [0.15, 0.2) is 0 Å². The van der Waals surface area contributed by atoms with Gasteiger partial charge in [-0.3, -0.25) is 0 Å². The largest absolute Gasteiger partial charge is 0.478 e. The minimum absolute atomic E-state index is 0.389. The predicted molar refractivity (Wildman–Crippen MR) is 51.4 cm³/mol. The standard InChI is InChI=1S/C10H16O3/c1-2-3-4-6-9(11)7-5-8-10(12)13/h3-5,8-9,11H,2,6-7H2,1H3,(H,12,13)/b4-3-,8-5-. The summed E-state index contributed by atoms with van der Waals surface area (Å²) in [5.41, 5.74) is 0. The summed E-state index contributed by atoms with van der Waals surface area (Å²) in [6, 6.07) is 0. The first-order valence-corrected chi connectivity index (χ1v) is 4.39. The summed E-state index contributed by atoms with van der Waals surface area (Å²) in [6.45, 7) is 2.02. The molecule has 2 N–H and O–H groups in total. The lowest BCUT2D eigenvalue weighted by atomic mass is 10.1. The number of hydrogen-bond donors (Lipinski definition) is 2. The van der Waals surface area contributed by atoms with Crippen LogP contribution in [-0.2, 0) is 4.79 Å². The molecular weight excluding hydrogens is 168 g/mol. The van der Waals surface area contributed by atoms with Crippen molar-refractivity contribution >= 4 is 5.97 Å². The van der Waals surface area contributed by atoms with Crippen LogP contribution in [0.25, 0.3) is 0 Å². The van der Waals surface area contributed by atoms with Crippen molar-refractivity contribution in [2.45, 2.75) is 32.3 Å². The summed E-state index contributed by atoms with van der Waals surface area (Å²) in [4.78, 5) is 10.1. The van der Waals surface area contributed by atoms with Gasteiger partial charge in [0, 0.05) is 6.08 Å². The highest BCUT2D eigenvalue weighted by molar-refractivity contribution is 5.79. The zero-order valence-corrected chi connectivity index (χ0v) is 7.81. The Morgan fingerprint density at radius 3 is 2.46 bits per heavy atom. The topological polar surface area (TPSA) is 57.5 Å². The van der Waals surface area contributed by atoms with E-state index >= 15 is 0 Å². The number of aliphatic hydroxyl groups excluding tert-OH is 1. The van der Waals surface area contributed by atoms with E-state index in [1.807, 2.05) is 19.1 Å². The number of carboxylic acids is 1. The second-order valence-corrected chi connectivity index (χ2v) is 2.75. The van der Waals surface area contributed by atoms with E-state index < -0.39 is 12.1 Å². The van der Waals surface area contributed by atoms with E-state index in [0.717, 1.165) is 12.5 Å². The molecule has 0 aliphatic heterocycles. The minimum Gasteiger partial charge on any atom is -0.478 e. The first-order chi connectivity index (χ1) is 6.16. The summed E-state index contributed by atoms with van der Waals surface area (Å²) in [7, 11) is 0. The summed E-state index contributed by atoms with van der Waals surface area (Å²) >= 11 is 0. The van der Waals surface area contributed by atoms with Crippen LogP contribution < -0.4 is 0 Å². The lowest BCUT2D eigenvalue weighted by Crippen LogP contribution is -2.02. The molecule has 13 heavy (non-hydrogen) atoms. The zero-order chi connectivity index (χ0) is 10.1. The van der Waals surface area contributed by atoms with Crippen molar-refractivity contribution < 1.29 is 15.0 Å². The van der Waals surface area contributed by atoms with Crippen LogP contribution in [0.2, 0.25) is 0 Å². The van der Waals surface area contributed by atoms with E-state index in [9.17, 15) is 9.90 Å². The van der Waals surface area contributed by atoms with E-state index in [-0.39, 0.29) is 0 Å². The highest BCUT2D eigenvalue weighted by Crippen LogP contribution is 2.00. The Hall–Kier alpha value is -1.09. The van der Waals surface area contributed by atoms with Crippen LogP contribution in [-0.4, -0.2) is 22.3 Å². The monoisotopic (exact) mass is 184 g/mol. The van der Waals surface area contributed by atoms with Gasteiger partial charge in [-0.15, -0.1) is 0 Å². The molecule has 0 amide bonds. The molecule has 0 fully saturated rings. The molecule has 0 rings (SSSR count). The van der Waals surface area contributed by atoms with Crippen LogP contribution >= 0.6 is 0 Å². The van der Waals surface area contributed by atoms with Gasteiger partial charge in [0.05, 0.1) is 6.10 Å². The Balaban J connectivity index is 3.56. The van der Waals surface area contributed by atoms with Gasteiger partial charge in [0.2, 0.25) is 0 Å². The van der Waals surface area contributed by atoms with Crippen molar-refractivity contribution in [3.05, 3.63) is 24.3 Å². The van der Waals surface area contributed by atoms with E-state index in [1.54, 1.807) is 0 Å². The Morgan fingerprint density at radius 1 is 1.31 bits per heavy atom. The average molecular weight is 184 g/mol. The van der Waals surface area contributed by atoms with Gasteiger partial charge in [0.1, 0.15) is 0 Å². The molecule has 0 aromatic rings. The molecule has 0 aliphatic carbocycles. The van der Waals surface area contributed by atoms with Crippen LogP contribution in [0, 0.1) is 0 Å². The molecule has 74 valence electrons. The van der Waals surface area contributed by atoms with Crippen molar-refractivity contribution in [3.63, 3.8) is 0 Å². The van der Waals surface area contributed by atoms with Crippen molar-refractivity contribution in [1.82, 2.24) is 0 Å². The Labute approximate surface area is 78.4 Å². The van der Waals surface area contributed by atoms with Crippen molar-refractivity contribution in [2.24, 2.45) is 0 Å². The first-order valence-electron chi connectivity index (χ1n) is 4.39. The molecule has 3 heteroatoms. The molecule has 1 unspecified atom stereocenters. The molecule has 3 nitrogen and oxygen atoms in total. The molecule has 0 aromatic heterocycles. The fourth-order valence-corrected chi connectivity index (χ4v) is 0.842. The number of rotatable bonds is 6. The number of aliphatic carboxylic acids is 1. The smallest absolute Gasteiger partial charge is 0.327 e. The van der Waals surface area contributed by atoms with E-state index in [1.165, 1.54) is 6.08 Å². The first kappa shape index (κ1) is 11.9. The predicted octanol–water partition coefficient (Wildman–Crippen LogP) is 1.73. The van der Waals surface area contributed by atoms with Crippen molar-refractivity contribution in [3.8, 4) is 0 Å². The van der Waals surface area contributed by atoms with Crippen LogP contribution in [0.15, 0.2) is 24.3 Å². The Bertz CT molecular complexity index is 194. The third kappa shape index (κ3) is 8.82. The van der Waals surface area contributed by atoms with Gasteiger partial charge in [-0.2, -0.15) is 0 Å². The number of carboxylic acid groups (broad SMARTS) is 1. The maximum absolute atomic E-state index is 10.1. The molecular formula is C10H16O3. The van der Waals surface area contributed by atoms with Crippen LogP contribution in [0.3, 0.4) is 0 Å². The van der Waals surface area contributed by atoms with E-state index in [2.05, 4.69) is 0 Å². The van der Waals surface area contributed by atoms with Crippen molar-refractivity contribution in [2.75, 3.05) is 0 Å². The van der Waals surface area contributed by atoms with E-state index in [0.29, 0.717) is 12.8 Å². The van der Waals surface area contributed by atoms with Gasteiger partial charge in [-0.05, 0) is 19.3 Å². The fraction of sp³-hybridized carbons (Fsp3) is 0.500. The van der Waals surface area contributed by atoms with Crippen LogP contribution in [0.1, 0.15) is 26.2 Å². The normalized spacial score (nSPS) is 14.0. The second-order valence-electron chi connectivity index (χ2n) is 2.75. The van der Waals surface area contributed by atoms with Crippen molar-refractivity contribution in [1.29, 1.82) is 0 Å². The van der Waals surface area contributed by atoms with Crippen LogP contribution in [0.5, 0.6) is 0 Å². The molecule has 0 heterocycles. The highest BCUT2D eigenvalue weighted by Gasteiger charge is 1.97. The van der Waals surface area contributed by atoms with Crippen LogP contribution in [0.4, 0.5) is 0 Å². The number of hydrogen-bond acceptors (Lipinski definition) is 2. The maximum Gasteiger partial charge on any atom is 0.327 e. The van der Waals surface area contributed by atoms with Gasteiger partial charge >= 0.3 is 5.97 Å². The van der Waals surface area contributed by atoms with Gasteiger partial charge in [-0.1, -0.05) is 25.2 Å². The summed E-state index contributed by atoms with van der Waals surface area (Å²) in [6.07, 6.45) is 7.84. The molecule has 0 saturated heterocycles. The quantitative estimate of drug-likeness (QED) is 0.488. The maximum atomic E-state index is 10.1. The summed E-state index contributed by atoms with van der Waals surface area (Å²) < 4.78 is 0. The average Bonchev–Trinajstić information content (AvgIpc) is 2.04.